The number of nitrogens with two attached hydrogens (primary N) is 1. The van der Waals surface area contributed by atoms with Crippen molar-refractivity contribution in [2.75, 3.05) is 23.9 Å². The molecular formula is C10H15N3OS2. The molecule has 0 aliphatic heterocycles. The van der Waals surface area contributed by atoms with E-state index in [2.05, 4.69) is 10.3 Å². The van der Waals surface area contributed by atoms with Crippen molar-refractivity contribution in [1.29, 1.82) is 0 Å². The molecule has 0 amide bonds. The van der Waals surface area contributed by atoms with Crippen molar-refractivity contribution >= 4 is 33.7 Å². The normalized spacial score (nSPS) is 12.1. The molecule has 3 N–H and O–H groups in total. The Bertz CT molecular complexity index is 395. The monoisotopic (exact) mass is 257 g/mol. The van der Waals surface area contributed by atoms with Crippen LogP contribution < -0.4 is 11.1 Å². The van der Waals surface area contributed by atoms with Crippen LogP contribution in [0.3, 0.4) is 0 Å². The quantitative estimate of drug-likeness (QED) is 0.585. The molecule has 1 aromatic heterocycles. The lowest BCUT2D eigenvalue weighted by Gasteiger charge is -2.06. The highest BCUT2D eigenvalue weighted by Gasteiger charge is 1.99. The molecule has 0 aliphatic rings. The lowest BCUT2D eigenvalue weighted by Crippen LogP contribution is -2.12. The Labute approximate surface area is 103 Å². The maximum Gasteiger partial charge on any atom is 0.122 e. The average Bonchev–Trinajstić information content (AvgIpc) is 2.24. The highest BCUT2D eigenvalue weighted by Crippen LogP contribution is 2.07. The Kier molecular flexibility index (Phi) is 5.34. The second-order valence-corrected chi connectivity index (χ2v) is 5.35. The molecule has 0 saturated heterocycles. The molecule has 0 spiro atoms. The van der Waals surface area contributed by atoms with Gasteiger partial charge in [-0.05, 0) is 18.6 Å². The van der Waals surface area contributed by atoms with Crippen LogP contribution in [0.5, 0.6) is 0 Å². The second kappa shape index (κ2) is 6.55. The summed E-state index contributed by atoms with van der Waals surface area (Å²) in [5, 5.41) is 3.21. The standard InChI is InChI=1S/C10H15N3OS2/c1-16(14)6-2-4-12-8-3-5-13-9(7-8)10(11)15/h3,5,7H,2,4,6H2,1H3,(H2,11,15)(H,12,13). The van der Waals surface area contributed by atoms with E-state index in [9.17, 15) is 4.21 Å². The lowest BCUT2D eigenvalue weighted by molar-refractivity contribution is 0.685. The van der Waals surface area contributed by atoms with E-state index in [0.29, 0.717) is 16.4 Å². The van der Waals surface area contributed by atoms with Crippen LogP contribution in [0.15, 0.2) is 18.3 Å². The number of nitrogens with zero attached hydrogens (tertiary/aromatic N) is 1. The van der Waals surface area contributed by atoms with Gasteiger partial charge in [-0.15, -0.1) is 0 Å². The fourth-order valence-corrected chi connectivity index (χ4v) is 1.85. The zero-order chi connectivity index (χ0) is 12.0. The summed E-state index contributed by atoms with van der Waals surface area (Å²) >= 11 is 4.84. The first-order valence-electron chi connectivity index (χ1n) is 4.89. The topological polar surface area (TPSA) is 68.0 Å². The zero-order valence-electron chi connectivity index (χ0n) is 9.10. The van der Waals surface area contributed by atoms with Crippen LogP contribution >= 0.6 is 12.2 Å². The first kappa shape index (κ1) is 13.1. The van der Waals surface area contributed by atoms with Crippen molar-refractivity contribution < 1.29 is 4.21 Å². The van der Waals surface area contributed by atoms with Gasteiger partial charge in [-0.2, -0.15) is 0 Å². The predicted molar refractivity (Wildman–Crippen MR) is 72.2 cm³/mol. The van der Waals surface area contributed by atoms with Gasteiger partial charge < -0.3 is 11.1 Å². The van der Waals surface area contributed by atoms with Crippen molar-refractivity contribution in [3.05, 3.63) is 24.0 Å². The van der Waals surface area contributed by atoms with Crippen molar-refractivity contribution in [2.45, 2.75) is 6.42 Å². The van der Waals surface area contributed by atoms with Crippen molar-refractivity contribution in [3.63, 3.8) is 0 Å². The number of anilines is 1. The highest BCUT2D eigenvalue weighted by molar-refractivity contribution is 7.84. The minimum atomic E-state index is -0.728. The molecule has 0 bridgehead atoms. The van der Waals surface area contributed by atoms with Crippen LogP contribution in [-0.4, -0.2) is 32.7 Å². The van der Waals surface area contributed by atoms with E-state index in [1.165, 1.54) is 0 Å². The molecule has 1 aromatic rings. The van der Waals surface area contributed by atoms with E-state index in [-0.39, 0.29) is 0 Å². The van der Waals surface area contributed by atoms with Gasteiger partial charge in [0.2, 0.25) is 0 Å². The van der Waals surface area contributed by atoms with Crippen LogP contribution in [0.25, 0.3) is 0 Å². The van der Waals surface area contributed by atoms with Gasteiger partial charge in [0.05, 0.1) is 5.69 Å². The summed E-state index contributed by atoms with van der Waals surface area (Å²) < 4.78 is 10.8. The number of pyridine rings is 1. The van der Waals surface area contributed by atoms with E-state index >= 15 is 0 Å². The maximum absolute atomic E-state index is 10.8. The van der Waals surface area contributed by atoms with Gasteiger partial charge in [0, 0.05) is 41.2 Å². The van der Waals surface area contributed by atoms with Gasteiger partial charge in [-0.1, -0.05) is 12.2 Å². The number of nitrogens with one attached hydrogen (secondary N) is 1. The van der Waals surface area contributed by atoms with Gasteiger partial charge in [0.15, 0.2) is 0 Å². The molecular weight excluding hydrogens is 242 g/mol. The number of hydrogen-bond acceptors (Lipinski definition) is 4. The van der Waals surface area contributed by atoms with Crippen molar-refractivity contribution in [2.24, 2.45) is 5.73 Å². The molecule has 1 heterocycles. The van der Waals surface area contributed by atoms with Crippen LogP contribution in [0.2, 0.25) is 0 Å². The predicted octanol–water partition coefficient (Wildman–Crippen LogP) is 0.896. The van der Waals surface area contributed by atoms with Gasteiger partial charge in [0.1, 0.15) is 4.99 Å². The molecule has 0 aromatic carbocycles. The zero-order valence-corrected chi connectivity index (χ0v) is 10.7. The summed E-state index contributed by atoms with van der Waals surface area (Å²) in [6, 6.07) is 3.66. The number of rotatable bonds is 6. The highest BCUT2D eigenvalue weighted by atomic mass is 32.2. The van der Waals surface area contributed by atoms with Gasteiger partial charge >= 0.3 is 0 Å². The molecule has 1 unspecified atom stereocenters. The summed E-state index contributed by atoms with van der Waals surface area (Å²) in [4.78, 5) is 4.33. The van der Waals surface area contributed by atoms with E-state index in [1.54, 1.807) is 12.5 Å². The summed E-state index contributed by atoms with van der Waals surface area (Å²) in [7, 11) is -0.728. The molecule has 0 saturated carbocycles. The molecule has 88 valence electrons. The molecule has 0 aliphatic carbocycles. The van der Waals surface area contributed by atoms with Crippen LogP contribution in [0.1, 0.15) is 12.1 Å². The largest absolute Gasteiger partial charge is 0.388 e. The third-order valence-corrected chi connectivity index (χ3v) is 3.02. The minimum Gasteiger partial charge on any atom is -0.388 e. The molecule has 1 atom stereocenters. The molecule has 0 radical (unpaired) electrons. The Morgan fingerprint density at radius 2 is 2.44 bits per heavy atom. The fourth-order valence-electron chi connectivity index (χ4n) is 1.18. The van der Waals surface area contributed by atoms with Crippen molar-refractivity contribution in [1.82, 2.24) is 4.98 Å². The van der Waals surface area contributed by atoms with Crippen molar-refractivity contribution in [3.8, 4) is 0 Å². The lowest BCUT2D eigenvalue weighted by atomic mass is 10.3. The first-order valence-corrected chi connectivity index (χ1v) is 7.03. The molecule has 16 heavy (non-hydrogen) atoms. The molecule has 6 heteroatoms. The van der Waals surface area contributed by atoms with Gasteiger partial charge in [-0.3, -0.25) is 9.19 Å². The molecule has 4 nitrogen and oxygen atoms in total. The van der Waals surface area contributed by atoms with E-state index in [0.717, 1.165) is 18.7 Å². The van der Waals surface area contributed by atoms with Gasteiger partial charge in [0.25, 0.3) is 0 Å². The summed E-state index contributed by atoms with van der Waals surface area (Å²) in [6.45, 7) is 0.778. The summed E-state index contributed by atoms with van der Waals surface area (Å²) in [5.41, 5.74) is 7.02. The number of thiocarbonyl (C=S) groups is 1. The van der Waals surface area contributed by atoms with E-state index in [1.807, 2.05) is 12.1 Å². The Morgan fingerprint density at radius 1 is 1.69 bits per heavy atom. The Morgan fingerprint density at radius 3 is 3.06 bits per heavy atom. The first-order chi connectivity index (χ1) is 7.59. The summed E-state index contributed by atoms with van der Waals surface area (Å²) in [5.74, 6) is 0.709. The number of aromatic nitrogens is 1. The third-order valence-electron chi connectivity index (χ3n) is 1.95. The number of hydrogen-bond donors (Lipinski definition) is 2. The minimum absolute atomic E-state index is 0.290. The van der Waals surface area contributed by atoms with Gasteiger partial charge in [-0.25, -0.2) is 0 Å². The average molecular weight is 257 g/mol. The van der Waals surface area contributed by atoms with Crippen LogP contribution in [-0.2, 0) is 10.8 Å². The van der Waals surface area contributed by atoms with Crippen LogP contribution in [0.4, 0.5) is 5.69 Å². The van der Waals surface area contributed by atoms with E-state index < -0.39 is 10.8 Å². The Balaban J connectivity index is 2.45. The smallest absolute Gasteiger partial charge is 0.122 e. The molecule has 0 fully saturated rings. The fraction of sp³-hybridized carbons (Fsp3) is 0.400. The SMILES string of the molecule is CS(=O)CCCNc1ccnc(C(N)=S)c1. The molecule has 1 rings (SSSR count). The summed E-state index contributed by atoms with van der Waals surface area (Å²) in [6.07, 6.45) is 4.24. The van der Waals surface area contributed by atoms with Crippen LogP contribution in [0, 0.1) is 0 Å². The second-order valence-electron chi connectivity index (χ2n) is 3.35. The maximum atomic E-state index is 10.8. The third kappa shape index (κ3) is 4.67. The van der Waals surface area contributed by atoms with E-state index in [4.69, 9.17) is 18.0 Å². The Hall–Kier alpha value is -1.01.